The average molecular weight is 228 g/mol. The molecule has 0 radical (unpaired) electrons. The third-order valence-electron chi connectivity index (χ3n) is 4.10. The Morgan fingerprint density at radius 1 is 1.38 bits per heavy atom. The molecule has 3 nitrogen and oxygen atoms in total. The zero-order valence-corrected chi connectivity index (χ0v) is 11.2. The van der Waals surface area contributed by atoms with Gasteiger partial charge in [0.15, 0.2) is 0 Å². The van der Waals surface area contributed by atoms with Crippen LogP contribution in [-0.4, -0.2) is 44.3 Å². The third-order valence-corrected chi connectivity index (χ3v) is 4.10. The molecule has 1 heterocycles. The molecule has 3 heteroatoms. The maximum absolute atomic E-state index is 6.07. The first-order valence-electron chi connectivity index (χ1n) is 6.56. The molecule has 1 unspecified atom stereocenters. The Kier molecular flexibility index (Phi) is 5.73. The van der Waals surface area contributed by atoms with Gasteiger partial charge in [-0.05, 0) is 37.8 Å². The van der Waals surface area contributed by atoms with Crippen molar-refractivity contribution in [3.8, 4) is 0 Å². The van der Waals surface area contributed by atoms with Gasteiger partial charge in [-0.25, -0.2) is 0 Å². The minimum Gasteiger partial charge on any atom is -0.385 e. The SMILES string of the molecule is CCC1(C)CCN(CC(N)CCOC)CC1. The molecule has 1 saturated heterocycles. The van der Waals surface area contributed by atoms with E-state index in [0.29, 0.717) is 5.41 Å². The molecule has 1 rings (SSSR count). The lowest BCUT2D eigenvalue weighted by Crippen LogP contribution is -2.44. The first kappa shape index (κ1) is 13.9. The summed E-state index contributed by atoms with van der Waals surface area (Å²) >= 11 is 0. The minimum atomic E-state index is 0.269. The van der Waals surface area contributed by atoms with E-state index in [4.69, 9.17) is 10.5 Å². The number of ether oxygens (including phenoxy) is 1. The van der Waals surface area contributed by atoms with E-state index >= 15 is 0 Å². The fraction of sp³-hybridized carbons (Fsp3) is 1.00. The van der Waals surface area contributed by atoms with Gasteiger partial charge in [-0.15, -0.1) is 0 Å². The molecule has 0 aliphatic carbocycles. The van der Waals surface area contributed by atoms with Gasteiger partial charge in [0.05, 0.1) is 0 Å². The number of piperidine rings is 1. The number of likely N-dealkylation sites (tertiary alicyclic amines) is 1. The Labute approximate surface area is 100 Å². The van der Waals surface area contributed by atoms with Crippen molar-refractivity contribution in [1.29, 1.82) is 0 Å². The fourth-order valence-corrected chi connectivity index (χ4v) is 2.32. The number of rotatable bonds is 6. The largest absolute Gasteiger partial charge is 0.385 e. The predicted molar refractivity (Wildman–Crippen MR) is 68.5 cm³/mol. The number of nitrogens with zero attached hydrogens (tertiary/aromatic N) is 1. The third kappa shape index (κ3) is 4.40. The van der Waals surface area contributed by atoms with Crippen LogP contribution in [0.15, 0.2) is 0 Å². The molecular formula is C13H28N2O. The molecule has 0 bridgehead atoms. The summed E-state index contributed by atoms with van der Waals surface area (Å²) in [5.41, 5.74) is 6.65. The summed E-state index contributed by atoms with van der Waals surface area (Å²) in [6.45, 7) is 8.95. The summed E-state index contributed by atoms with van der Waals surface area (Å²) in [6, 6.07) is 0.269. The van der Waals surface area contributed by atoms with Crippen LogP contribution in [0, 0.1) is 5.41 Å². The van der Waals surface area contributed by atoms with E-state index in [1.165, 1.54) is 32.4 Å². The van der Waals surface area contributed by atoms with Crippen LogP contribution in [0.4, 0.5) is 0 Å². The van der Waals surface area contributed by atoms with Crippen molar-refractivity contribution in [3.63, 3.8) is 0 Å². The van der Waals surface area contributed by atoms with Gasteiger partial charge in [0.25, 0.3) is 0 Å². The molecule has 0 aromatic heterocycles. The van der Waals surface area contributed by atoms with Crippen LogP contribution in [0.2, 0.25) is 0 Å². The van der Waals surface area contributed by atoms with Gasteiger partial charge >= 0.3 is 0 Å². The van der Waals surface area contributed by atoms with Crippen LogP contribution in [0.3, 0.4) is 0 Å². The zero-order chi connectivity index (χ0) is 12.0. The summed E-state index contributed by atoms with van der Waals surface area (Å²) in [5.74, 6) is 0. The Hall–Kier alpha value is -0.120. The molecule has 96 valence electrons. The maximum atomic E-state index is 6.07. The van der Waals surface area contributed by atoms with E-state index < -0.39 is 0 Å². The van der Waals surface area contributed by atoms with E-state index in [2.05, 4.69) is 18.7 Å². The lowest BCUT2D eigenvalue weighted by atomic mass is 9.78. The topological polar surface area (TPSA) is 38.5 Å². The van der Waals surface area contributed by atoms with Crippen LogP contribution in [0.1, 0.15) is 39.5 Å². The van der Waals surface area contributed by atoms with Gasteiger partial charge in [-0.3, -0.25) is 0 Å². The van der Waals surface area contributed by atoms with Crippen molar-refractivity contribution in [2.75, 3.05) is 33.4 Å². The van der Waals surface area contributed by atoms with Crippen LogP contribution in [0.25, 0.3) is 0 Å². The van der Waals surface area contributed by atoms with Gasteiger partial charge < -0.3 is 15.4 Å². The van der Waals surface area contributed by atoms with Gasteiger partial charge in [-0.2, -0.15) is 0 Å². The van der Waals surface area contributed by atoms with Crippen LogP contribution < -0.4 is 5.73 Å². The average Bonchev–Trinajstić information content (AvgIpc) is 2.30. The normalized spacial score (nSPS) is 23.2. The van der Waals surface area contributed by atoms with Crippen LogP contribution in [-0.2, 0) is 4.74 Å². The van der Waals surface area contributed by atoms with Crippen molar-refractivity contribution in [2.24, 2.45) is 11.1 Å². The smallest absolute Gasteiger partial charge is 0.0477 e. The number of hydrogen-bond acceptors (Lipinski definition) is 3. The van der Waals surface area contributed by atoms with Gasteiger partial charge in [0, 0.05) is 26.3 Å². The first-order valence-corrected chi connectivity index (χ1v) is 6.56. The lowest BCUT2D eigenvalue weighted by molar-refractivity contribution is 0.104. The number of methoxy groups -OCH3 is 1. The molecule has 1 aliphatic heterocycles. The van der Waals surface area contributed by atoms with E-state index in [-0.39, 0.29) is 6.04 Å². The molecule has 1 atom stereocenters. The predicted octanol–water partition coefficient (Wildman–Crippen LogP) is 1.86. The van der Waals surface area contributed by atoms with E-state index in [1.807, 2.05) is 0 Å². The summed E-state index contributed by atoms with van der Waals surface area (Å²) < 4.78 is 5.05. The van der Waals surface area contributed by atoms with Gasteiger partial charge in [0.1, 0.15) is 0 Å². The number of nitrogens with two attached hydrogens (primary N) is 1. The molecule has 0 saturated carbocycles. The second kappa shape index (κ2) is 6.58. The second-order valence-corrected chi connectivity index (χ2v) is 5.51. The molecule has 1 fully saturated rings. The molecule has 1 aliphatic rings. The quantitative estimate of drug-likeness (QED) is 0.754. The van der Waals surface area contributed by atoms with E-state index in [1.54, 1.807) is 7.11 Å². The van der Waals surface area contributed by atoms with Gasteiger partial charge in [0.2, 0.25) is 0 Å². The summed E-state index contributed by atoms with van der Waals surface area (Å²) in [4.78, 5) is 2.51. The first-order chi connectivity index (χ1) is 7.59. The fourth-order valence-electron chi connectivity index (χ4n) is 2.32. The maximum Gasteiger partial charge on any atom is 0.0477 e. The van der Waals surface area contributed by atoms with Crippen molar-refractivity contribution in [3.05, 3.63) is 0 Å². The van der Waals surface area contributed by atoms with Crippen molar-refractivity contribution in [2.45, 2.75) is 45.6 Å². The van der Waals surface area contributed by atoms with E-state index in [9.17, 15) is 0 Å². The Bertz CT molecular complexity index is 188. The summed E-state index contributed by atoms with van der Waals surface area (Å²) in [6.07, 6.45) is 4.91. The lowest BCUT2D eigenvalue weighted by Gasteiger charge is -2.39. The zero-order valence-electron chi connectivity index (χ0n) is 11.2. The molecule has 0 spiro atoms. The molecule has 16 heavy (non-hydrogen) atoms. The molecule has 0 amide bonds. The van der Waals surface area contributed by atoms with Gasteiger partial charge in [-0.1, -0.05) is 20.3 Å². The highest BCUT2D eigenvalue weighted by atomic mass is 16.5. The highest BCUT2D eigenvalue weighted by Crippen LogP contribution is 2.33. The number of hydrogen-bond donors (Lipinski definition) is 1. The van der Waals surface area contributed by atoms with Crippen LogP contribution in [0.5, 0.6) is 0 Å². The molecule has 2 N–H and O–H groups in total. The van der Waals surface area contributed by atoms with Crippen molar-refractivity contribution in [1.82, 2.24) is 4.90 Å². The second-order valence-electron chi connectivity index (χ2n) is 5.51. The highest BCUT2D eigenvalue weighted by molar-refractivity contribution is 4.82. The monoisotopic (exact) mass is 228 g/mol. The van der Waals surface area contributed by atoms with E-state index in [0.717, 1.165) is 19.6 Å². The molecule has 0 aromatic carbocycles. The van der Waals surface area contributed by atoms with Crippen molar-refractivity contribution < 1.29 is 4.74 Å². The Balaban J connectivity index is 2.21. The van der Waals surface area contributed by atoms with Crippen molar-refractivity contribution >= 4 is 0 Å². The Morgan fingerprint density at radius 2 is 2.00 bits per heavy atom. The van der Waals surface area contributed by atoms with Crippen LogP contribution >= 0.6 is 0 Å². The Morgan fingerprint density at radius 3 is 2.50 bits per heavy atom. The summed E-state index contributed by atoms with van der Waals surface area (Å²) in [7, 11) is 1.74. The minimum absolute atomic E-state index is 0.269. The highest BCUT2D eigenvalue weighted by Gasteiger charge is 2.28. The molecular weight excluding hydrogens is 200 g/mol. The molecule has 0 aromatic rings. The summed E-state index contributed by atoms with van der Waals surface area (Å²) in [5, 5.41) is 0. The standard InChI is InChI=1S/C13H28N2O/c1-4-13(2)6-8-15(9-7-13)11-12(14)5-10-16-3/h12H,4-11,14H2,1-3H3.